The molecule has 0 bridgehead atoms. The number of benzene rings is 1. The number of alkyl halides is 3. The van der Waals surface area contributed by atoms with Crippen LogP contribution in [0.15, 0.2) is 43.0 Å². The number of halogens is 3. The molecular formula is C18H14F3N7OS. The minimum atomic E-state index is -4.38. The number of rotatable bonds is 5. The van der Waals surface area contributed by atoms with Crippen LogP contribution in [0.5, 0.6) is 0 Å². The molecule has 3 heterocycles. The fourth-order valence-corrected chi connectivity index (χ4v) is 3.48. The molecule has 0 fully saturated rings. The van der Waals surface area contributed by atoms with E-state index in [1.807, 2.05) is 0 Å². The second-order valence-electron chi connectivity index (χ2n) is 6.24. The van der Waals surface area contributed by atoms with Gasteiger partial charge in [-0.2, -0.15) is 18.3 Å². The van der Waals surface area contributed by atoms with Gasteiger partial charge in [0, 0.05) is 23.8 Å². The monoisotopic (exact) mass is 433 g/mol. The van der Waals surface area contributed by atoms with Gasteiger partial charge in [-0.05, 0) is 24.3 Å². The summed E-state index contributed by atoms with van der Waals surface area (Å²) in [7, 11) is 1.72. The molecular weight excluding hydrogens is 419 g/mol. The standard InChI is InChI=1S/C18H14F3N7OS/c1-28-15-13(8-26-28)14(24-9-25-15)16(29)22-6-12-7-23-17(30-12)27-11-4-2-10(3-5-11)18(19,20)21/h2-5,7-9H,6H2,1H3,(H,22,29)(H,23,27). The summed E-state index contributed by atoms with van der Waals surface area (Å²) in [4.78, 5) is 25.6. The van der Waals surface area contributed by atoms with Crippen LogP contribution < -0.4 is 10.6 Å². The maximum absolute atomic E-state index is 12.6. The number of nitrogens with zero attached hydrogens (tertiary/aromatic N) is 5. The van der Waals surface area contributed by atoms with Gasteiger partial charge in [-0.3, -0.25) is 9.48 Å². The van der Waals surface area contributed by atoms with Gasteiger partial charge in [0.1, 0.15) is 12.0 Å². The van der Waals surface area contributed by atoms with Gasteiger partial charge in [0.2, 0.25) is 0 Å². The third-order valence-corrected chi connectivity index (χ3v) is 5.10. The average molecular weight is 433 g/mol. The van der Waals surface area contributed by atoms with Crippen molar-refractivity contribution in [1.29, 1.82) is 0 Å². The van der Waals surface area contributed by atoms with Gasteiger partial charge in [0.25, 0.3) is 5.91 Å². The molecule has 0 saturated carbocycles. The highest BCUT2D eigenvalue weighted by molar-refractivity contribution is 7.15. The summed E-state index contributed by atoms with van der Waals surface area (Å²) in [5.41, 5.74) is 0.535. The lowest BCUT2D eigenvalue weighted by atomic mass is 10.2. The molecule has 0 aliphatic carbocycles. The molecule has 0 radical (unpaired) electrons. The number of hydrogen-bond donors (Lipinski definition) is 2. The number of aromatic nitrogens is 5. The molecule has 0 spiro atoms. The molecule has 1 aromatic carbocycles. The first kappa shape index (κ1) is 19.8. The summed E-state index contributed by atoms with van der Waals surface area (Å²) in [5.74, 6) is -0.374. The molecule has 4 aromatic rings. The van der Waals surface area contributed by atoms with E-state index in [-0.39, 0.29) is 18.1 Å². The van der Waals surface area contributed by atoms with Gasteiger partial charge in [-0.1, -0.05) is 11.3 Å². The van der Waals surface area contributed by atoms with Gasteiger partial charge >= 0.3 is 6.18 Å². The van der Waals surface area contributed by atoms with Crippen molar-refractivity contribution in [2.24, 2.45) is 7.05 Å². The van der Waals surface area contributed by atoms with Crippen LogP contribution in [-0.4, -0.2) is 30.6 Å². The number of thiazole rings is 1. The van der Waals surface area contributed by atoms with E-state index in [0.717, 1.165) is 17.0 Å². The Bertz CT molecular complexity index is 1200. The van der Waals surface area contributed by atoms with Gasteiger partial charge in [-0.15, -0.1) is 0 Å². The van der Waals surface area contributed by atoms with E-state index >= 15 is 0 Å². The first-order chi connectivity index (χ1) is 14.3. The summed E-state index contributed by atoms with van der Waals surface area (Å²) in [6.45, 7) is 0.219. The van der Waals surface area contributed by atoms with Crippen molar-refractivity contribution < 1.29 is 18.0 Å². The number of carbonyl (C=O) groups excluding carboxylic acids is 1. The maximum atomic E-state index is 12.6. The Hall–Kier alpha value is -3.54. The van der Waals surface area contributed by atoms with Crippen LogP contribution in [0.2, 0.25) is 0 Å². The van der Waals surface area contributed by atoms with Crippen molar-refractivity contribution >= 4 is 39.1 Å². The first-order valence-corrected chi connectivity index (χ1v) is 9.43. The minimum absolute atomic E-state index is 0.219. The fraction of sp³-hybridized carbons (Fsp3) is 0.167. The Morgan fingerprint density at radius 3 is 2.63 bits per heavy atom. The zero-order chi connectivity index (χ0) is 21.3. The minimum Gasteiger partial charge on any atom is -0.346 e. The Kier molecular flexibility index (Phi) is 5.08. The Morgan fingerprint density at radius 1 is 1.13 bits per heavy atom. The highest BCUT2D eigenvalue weighted by Gasteiger charge is 2.29. The average Bonchev–Trinajstić information content (AvgIpc) is 3.32. The molecule has 3 aromatic heterocycles. The number of carbonyl (C=O) groups is 1. The van der Waals surface area contributed by atoms with E-state index in [9.17, 15) is 18.0 Å². The summed E-state index contributed by atoms with van der Waals surface area (Å²) in [5, 5.41) is 10.8. The highest BCUT2D eigenvalue weighted by atomic mass is 32.1. The summed E-state index contributed by atoms with van der Waals surface area (Å²) in [6.07, 6.45) is 0.0356. The summed E-state index contributed by atoms with van der Waals surface area (Å²) >= 11 is 1.27. The molecule has 0 saturated heterocycles. The molecule has 154 valence electrons. The highest BCUT2D eigenvalue weighted by Crippen LogP contribution is 2.31. The van der Waals surface area contributed by atoms with Crippen LogP contribution in [0, 0.1) is 0 Å². The van der Waals surface area contributed by atoms with E-state index < -0.39 is 11.7 Å². The Labute approximate surface area is 171 Å². The largest absolute Gasteiger partial charge is 0.416 e. The summed E-state index contributed by atoms with van der Waals surface area (Å²) < 4.78 is 39.4. The lowest BCUT2D eigenvalue weighted by molar-refractivity contribution is -0.137. The lowest BCUT2D eigenvalue weighted by Gasteiger charge is -2.07. The SMILES string of the molecule is Cn1ncc2c(C(=O)NCc3cnc(Nc4ccc(C(F)(F)F)cc4)s3)ncnc21. The number of anilines is 2. The smallest absolute Gasteiger partial charge is 0.346 e. The molecule has 30 heavy (non-hydrogen) atoms. The van der Waals surface area contributed by atoms with Crippen molar-refractivity contribution in [2.75, 3.05) is 5.32 Å². The molecule has 0 unspecified atom stereocenters. The second-order valence-corrected chi connectivity index (χ2v) is 7.36. The number of fused-ring (bicyclic) bond motifs is 1. The Balaban J connectivity index is 1.39. The number of aryl methyl sites for hydroxylation is 1. The quantitative estimate of drug-likeness (QED) is 0.500. The molecule has 0 aliphatic heterocycles. The third-order valence-electron chi connectivity index (χ3n) is 4.18. The van der Waals surface area contributed by atoms with E-state index in [1.165, 1.54) is 36.0 Å². The van der Waals surface area contributed by atoms with Gasteiger partial charge in [0.15, 0.2) is 10.8 Å². The van der Waals surface area contributed by atoms with Crippen molar-refractivity contribution in [3.63, 3.8) is 0 Å². The van der Waals surface area contributed by atoms with Crippen molar-refractivity contribution in [3.05, 3.63) is 59.1 Å². The first-order valence-electron chi connectivity index (χ1n) is 8.61. The number of amides is 1. The normalized spacial score (nSPS) is 11.6. The van der Waals surface area contributed by atoms with Crippen LogP contribution in [0.4, 0.5) is 24.0 Å². The van der Waals surface area contributed by atoms with Crippen LogP contribution in [-0.2, 0) is 19.8 Å². The second kappa shape index (κ2) is 7.71. The maximum Gasteiger partial charge on any atom is 0.416 e. The topological polar surface area (TPSA) is 97.6 Å². The van der Waals surface area contributed by atoms with Gasteiger partial charge in [-0.25, -0.2) is 15.0 Å². The number of nitrogens with one attached hydrogen (secondary N) is 2. The molecule has 8 nitrogen and oxygen atoms in total. The van der Waals surface area contributed by atoms with Crippen molar-refractivity contribution in [3.8, 4) is 0 Å². The van der Waals surface area contributed by atoms with Crippen molar-refractivity contribution in [2.45, 2.75) is 12.7 Å². The van der Waals surface area contributed by atoms with E-state index in [1.54, 1.807) is 17.9 Å². The van der Waals surface area contributed by atoms with Gasteiger partial charge in [0.05, 0.1) is 23.7 Å². The predicted octanol–water partition coefficient (Wildman–Crippen LogP) is 3.51. The van der Waals surface area contributed by atoms with E-state index in [2.05, 4.69) is 30.7 Å². The van der Waals surface area contributed by atoms with E-state index in [4.69, 9.17) is 0 Å². The molecule has 0 aliphatic rings. The molecule has 0 atom stereocenters. The lowest BCUT2D eigenvalue weighted by Crippen LogP contribution is -2.23. The van der Waals surface area contributed by atoms with Crippen LogP contribution >= 0.6 is 11.3 Å². The van der Waals surface area contributed by atoms with Gasteiger partial charge < -0.3 is 10.6 Å². The predicted molar refractivity (Wildman–Crippen MR) is 104 cm³/mol. The Morgan fingerprint density at radius 2 is 1.90 bits per heavy atom. The van der Waals surface area contributed by atoms with Crippen LogP contribution in [0.3, 0.4) is 0 Å². The zero-order valence-corrected chi connectivity index (χ0v) is 16.3. The third kappa shape index (κ3) is 4.08. The zero-order valence-electron chi connectivity index (χ0n) is 15.4. The van der Waals surface area contributed by atoms with Crippen LogP contribution in [0.25, 0.3) is 11.0 Å². The summed E-state index contributed by atoms with van der Waals surface area (Å²) in [6, 6.07) is 4.66. The fourth-order valence-electron chi connectivity index (χ4n) is 2.71. The molecule has 4 rings (SSSR count). The van der Waals surface area contributed by atoms with Crippen molar-refractivity contribution in [1.82, 2.24) is 30.0 Å². The molecule has 12 heteroatoms. The number of hydrogen-bond acceptors (Lipinski definition) is 7. The molecule has 2 N–H and O–H groups in total. The van der Waals surface area contributed by atoms with Crippen LogP contribution in [0.1, 0.15) is 20.9 Å². The van der Waals surface area contributed by atoms with E-state index in [0.29, 0.717) is 21.9 Å². The molecule has 1 amide bonds.